The lowest BCUT2D eigenvalue weighted by Gasteiger charge is -2.31. The Morgan fingerprint density at radius 3 is 2.76 bits per heavy atom. The summed E-state index contributed by atoms with van der Waals surface area (Å²) >= 11 is 0. The highest BCUT2D eigenvalue weighted by molar-refractivity contribution is 5.94. The highest BCUT2D eigenvalue weighted by Gasteiger charge is 2.23. The van der Waals surface area contributed by atoms with Crippen LogP contribution in [0.15, 0.2) is 18.3 Å². The first-order valence-corrected chi connectivity index (χ1v) is 6.21. The van der Waals surface area contributed by atoms with E-state index in [0.717, 1.165) is 13.1 Å². The van der Waals surface area contributed by atoms with Gasteiger partial charge in [-0.25, -0.2) is 4.98 Å². The number of aromatic nitrogens is 1. The minimum absolute atomic E-state index is 0.0619. The average Bonchev–Trinajstić information content (AvgIpc) is 2.28. The number of pyridine rings is 1. The Bertz CT molecular complexity index is 384. The molecule has 1 aromatic heterocycles. The van der Waals surface area contributed by atoms with Crippen molar-refractivity contribution >= 4 is 11.7 Å². The Balaban J connectivity index is 2.02. The third-order valence-corrected chi connectivity index (χ3v) is 3.41. The zero-order chi connectivity index (χ0) is 12.3. The third-order valence-electron chi connectivity index (χ3n) is 3.41. The minimum atomic E-state index is 0.0619. The van der Waals surface area contributed by atoms with Crippen molar-refractivity contribution in [3.8, 4) is 0 Å². The maximum Gasteiger partial charge on any atom is 0.255 e. The number of nitrogens with two attached hydrogens (primary N) is 1. The topological polar surface area (TPSA) is 59.2 Å². The van der Waals surface area contributed by atoms with E-state index in [1.807, 2.05) is 11.8 Å². The summed E-state index contributed by atoms with van der Waals surface area (Å²) in [5.41, 5.74) is 6.14. The number of rotatable bonds is 4. The summed E-state index contributed by atoms with van der Waals surface area (Å²) in [6.45, 7) is 3.64. The van der Waals surface area contributed by atoms with Gasteiger partial charge in [-0.1, -0.05) is 6.42 Å². The van der Waals surface area contributed by atoms with E-state index in [2.05, 4.69) is 4.98 Å². The van der Waals surface area contributed by atoms with Crippen molar-refractivity contribution in [3.63, 3.8) is 0 Å². The second-order valence-electron chi connectivity index (χ2n) is 4.61. The maximum atomic E-state index is 12.2. The van der Waals surface area contributed by atoms with Crippen molar-refractivity contribution < 1.29 is 4.79 Å². The summed E-state index contributed by atoms with van der Waals surface area (Å²) in [5, 5.41) is 0. The molecule has 0 unspecified atom stereocenters. The largest absolute Gasteiger partial charge is 0.384 e. The molecule has 2 rings (SSSR count). The molecule has 1 aromatic rings. The lowest BCUT2D eigenvalue weighted by atomic mass is 9.85. The minimum Gasteiger partial charge on any atom is -0.384 e. The quantitative estimate of drug-likeness (QED) is 0.864. The number of anilines is 1. The van der Waals surface area contributed by atoms with E-state index in [4.69, 9.17) is 5.73 Å². The lowest BCUT2D eigenvalue weighted by Crippen LogP contribution is -2.37. The fraction of sp³-hybridized carbons (Fsp3) is 0.538. The summed E-state index contributed by atoms with van der Waals surface area (Å²) in [6.07, 6.45) is 5.37. The Labute approximate surface area is 102 Å². The Kier molecular flexibility index (Phi) is 3.61. The second-order valence-corrected chi connectivity index (χ2v) is 4.61. The molecule has 0 atom stereocenters. The maximum absolute atomic E-state index is 12.2. The number of carbonyl (C=O) groups excluding carboxylic acids is 1. The van der Waals surface area contributed by atoms with Crippen LogP contribution in [0.2, 0.25) is 0 Å². The number of nitrogen functional groups attached to an aromatic ring is 1. The normalized spacial score (nSPS) is 15.4. The molecule has 0 aromatic carbocycles. The SMILES string of the molecule is CCN(CC1CCC1)C(=O)c1ccc(N)nc1. The predicted molar refractivity (Wildman–Crippen MR) is 67.6 cm³/mol. The van der Waals surface area contributed by atoms with Crippen LogP contribution in [-0.2, 0) is 0 Å². The van der Waals surface area contributed by atoms with Gasteiger partial charge < -0.3 is 10.6 Å². The van der Waals surface area contributed by atoms with Gasteiger partial charge in [-0.2, -0.15) is 0 Å². The molecule has 92 valence electrons. The van der Waals surface area contributed by atoms with E-state index < -0.39 is 0 Å². The van der Waals surface area contributed by atoms with E-state index in [0.29, 0.717) is 17.3 Å². The smallest absolute Gasteiger partial charge is 0.255 e. The highest BCUT2D eigenvalue weighted by atomic mass is 16.2. The monoisotopic (exact) mass is 233 g/mol. The lowest BCUT2D eigenvalue weighted by molar-refractivity contribution is 0.0706. The molecule has 4 heteroatoms. The predicted octanol–water partition coefficient (Wildman–Crippen LogP) is 1.93. The van der Waals surface area contributed by atoms with Crippen LogP contribution in [0.5, 0.6) is 0 Å². The van der Waals surface area contributed by atoms with E-state index in [1.54, 1.807) is 18.3 Å². The van der Waals surface area contributed by atoms with Gasteiger partial charge in [0.15, 0.2) is 0 Å². The van der Waals surface area contributed by atoms with Crippen LogP contribution >= 0.6 is 0 Å². The van der Waals surface area contributed by atoms with Crippen molar-refractivity contribution in [2.24, 2.45) is 5.92 Å². The van der Waals surface area contributed by atoms with Gasteiger partial charge in [-0.3, -0.25) is 4.79 Å². The van der Waals surface area contributed by atoms with Crippen LogP contribution in [0.25, 0.3) is 0 Å². The summed E-state index contributed by atoms with van der Waals surface area (Å²) in [5.74, 6) is 1.20. The molecule has 0 radical (unpaired) electrons. The van der Waals surface area contributed by atoms with Gasteiger partial charge in [0, 0.05) is 19.3 Å². The van der Waals surface area contributed by atoms with E-state index >= 15 is 0 Å². The molecule has 1 aliphatic rings. The third kappa shape index (κ3) is 2.75. The van der Waals surface area contributed by atoms with Gasteiger partial charge in [0.2, 0.25) is 0 Å². The average molecular weight is 233 g/mol. The number of hydrogen-bond donors (Lipinski definition) is 1. The molecule has 1 amide bonds. The van der Waals surface area contributed by atoms with Crippen LogP contribution in [0, 0.1) is 5.92 Å². The molecule has 0 saturated heterocycles. The van der Waals surface area contributed by atoms with Crippen molar-refractivity contribution in [1.29, 1.82) is 0 Å². The van der Waals surface area contributed by atoms with Crippen molar-refractivity contribution in [3.05, 3.63) is 23.9 Å². The second kappa shape index (κ2) is 5.17. The standard InChI is InChI=1S/C13H19N3O/c1-2-16(9-10-4-3-5-10)13(17)11-6-7-12(14)15-8-11/h6-8,10H,2-5,9H2,1H3,(H2,14,15). The Hall–Kier alpha value is -1.58. The zero-order valence-corrected chi connectivity index (χ0v) is 10.2. The molecule has 1 aliphatic carbocycles. The van der Waals surface area contributed by atoms with E-state index in [9.17, 15) is 4.79 Å². The van der Waals surface area contributed by atoms with Gasteiger partial charge in [-0.05, 0) is 37.8 Å². The zero-order valence-electron chi connectivity index (χ0n) is 10.2. The van der Waals surface area contributed by atoms with Crippen molar-refractivity contribution in [1.82, 2.24) is 9.88 Å². The van der Waals surface area contributed by atoms with Crippen molar-refractivity contribution in [2.75, 3.05) is 18.8 Å². The van der Waals surface area contributed by atoms with E-state index in [1.165, 1.54) is 19.3 Å². The summed E-state index contributed by atoms with van der Waals surface area (Å²) in [7, 11) is 0. The van der Waals surface area contributed by atoms with Crippen LogP contribution < -0.4 is 5.73 Å². The fourth-order valence-electron chi connectivity index (χ4n) is 2.06. The first-order valence-electron chi connectivity index (χ1n) is 6.21. The van der Waals surface area contributed by atoms with Crippen LogP contribution in [-0.4, -0.2) is 28.9 Å². The number of nitrogens with zero attached hydrogens (tertiary/aromatic N) is 2. The molecule has 2 N–H and O–H groups in total. The van der Waals surface area contributed by atoms with Crippen LogP contribution in [0.4, 0.5) is 5.82 Å². The number of carbonyl (C=O) groups is 1. The summed E-state index contributed by atoms with van der Waals surface area (Å²) in [4.78, 5) is 18.1. The molecule has 0 bridgehead atoms. The van der Waals surface area contributed by atoms with E-state index in [-0.39, 0.29) is 5.91 Å². The molecule has 17 heavy (non-hydrogen) atoms. The Morgan fingerprint density at radius 2 is 2.29 bits per heavy atom. The summed E-state index contributed by atoms with van der Waals surface area (Å²) < 4.78 is 0. The first-order chi connectivity index (χ1) is 8.20. The molecule has 4 nitrogen and oxygen atoms in total. The fourth-order valence-corrected chi connectivity index (χ4v) is 2.06. The number of amides is 1. The van der Waals surface area contributed by atoms with Gasteiger partial charge in [0.1, 0.15) is 5.82 Å². The van der Waals surface area contributed by atoms with Crippen LogP contribution in [0.1, 0.15) is 36.5 Å². The van der Waals surface area contributed by atoms with Gasteiger partial charge >= 0.3 is 0 Å². The summed E-state index contributed by atoms with van der Waals surface area (Å²) in [6, 6.07) is 3.42. The molecule has 1 saturated carbocycles. The molecular formula is C13H19N3O. The first kappa shape index (κ1) is 11.9. The van der Waals surface area contributed by atoms with Gasteiger partial charge in [0.25, 0.3) is 5.91 Å². The molecule has 0 aliphatic heterocycles. The molecule has 0 spiro atoms. The number of hydrogen-bond acceptors (Lipinski definition) is 3. The van der Waals surface area contributed by atoms with Gasteiger partial charge in [0.05, 0.1) is 5.56 Å². The van der Waals surface area contributed by atoms with Crippen LogP contribution in [0.3, 0.4) is 0 Å². The Morgan fingerprint density at radius 1 is 1.53 bits per heavy atom. The highest BCUT2D eigenvalue weighted by Crippen LogP contribution is 2.27. The van der Waals surface area contributed by atoms with Gasteiger partial charge in [-0.15, -0.1) is 0 Å². The molecule has 1 heterocycles. The molecular weight excluding hydrogens is 214 g/mol. The van der Waals surface area contributed by atoms with Crippen molar-refractivity contribution in [2.45, 2.75) is 26.2 Å². The molecule has 1 fully saturated rings.